The van der Waals surface area contributed by atoms with Gasteiger partial charge < -0.3 is 10.0 Å². The summed E-state index contributed by atoms with van der Waals surface area (Å²) in [6, 6.07) is 5.34. The molecule has 0 spiro atoms. The summed E-state index contributed by atoms with van der Waals surface area (Å²) >= 11 is 3.32. The molecule has 0 heterocycles. The van der Waals surface area contributed by atoms with Crippen LogP contribution in [0.25, 0.3) is 0 Å². The van der Waals surface area contributed by atoms with Crippen LogP contribution in [0.5, 0.6) is 0 Å². The molecule has 0 saturated heterocycles. The molecule has 0 aromatic heterocycles. The zero-order valence-electron chi connectivity index (χ0n) is 9.53. The molecule has 0 aliphatic heterocycles. The first-order valence-corrected chi connectivity index (χ1v) is 6.11. The molecule has 16 heavy (non-hydrogen) atoms. The van der Waals surface area contributed by atoms with Crippen molar-refractivity contribution in [2.75, 3.05) is 13.1 Å². The predicted molar refractivity (Wildman–Crippen MR) is 67.3 cm³/mol. The molecule has 0 bridgehead atoms. The summed E-state index contributed by atoms with van der Waals surface area (Å²) in [7, 11) is 0. The SMILES string of the molecule is CCN(CC)C(=O)c1ccc(Br)cc1CO. The highest BCUT2D eigenvalue weighted by Gasteiger charge is 2.15. The minimum atomic E-state index is -0.123. The van der Waals surface area contributed by atoms with E-state index < -0.39 is 0 Å². The summed E-state index contributed by atoms with van der Waals surface area (Å²) in [5.41, 5.74) is 1.24. The molecular formula is C12H16BrNO2. The molecule has 0 unspecified atom stereocenters. The number of nitrogens with zero attached hydrogens (tertiary/aromatic N) is 1. The molecule has 0 aliphatic carbocycles. The van der Waals surface area contributed by atoms with Crippen molar-refractivity contribution in [3.63, 3.8) is 0 Å². The fourth-order valence-electron chi connectivity index (χ4n) is 1.58. The molecule has 1 rings (SSSR count). The predicted octanol–water partition coefficient (Wildman–Crippen LogP) is 2.42. The molecule has 1 aromatic rings. The number of benzene rings is 1. The highest BCUT2D eigenvalue weighted by Crippen LogP contribution is 2.18. The van der Waals surface area contributed by atoms with E-state index in [4.69, 9.17) is 0 Å². The fraction of sp³-hybridized carbons (Fsp3) is 0.417. The number of halogens is 1. The fourth-order valence-corrected chi connectivity index (χ4v) is 1.99. The quantitative estimate of drug-likeness (QED) is 0.923. The van der Waals surface area contributed by atoms with E-state index in [1.165, 1.54) is 0 Å². The van der Waals surface area contributed by atoms with E-state index in [0.717, 1.165) is 4.47 Å². The zero-order valence-corrected chi connectivity index (χ0v) is 11.1. The van der Waals surface area contributed by atoms with Crippen LogP contribution in [0.1, 0.15) is 29.8 Å². The maximum Gasteiger partial charge on any atom is 0.254 e. The summed E-state index contributed by atoms with van der Waals surface area (Å²) in [4.78, 5) is 13.8. The molecule has 1 N–H and O–H groups in total. The molecule has 1 amide bonds. The minimum Gasteiger partial charge on any atom is -0.392 e. The number of hydrogen-bond acceptors (Lipinski definition) is 2. The van der Waals surface area contributed by atoms with Crippen LogP contribution in [-0.2, 0) is 6.61 Å². The summed E-state index contributed by atoms with van der Waals surface area (Å²) < 4.78 is 0.868. The number of aliphatic hydroxyl groups is 1. The van der Waals surface area contributed by atoms with Crippen LogP contribution >= 0.6 is 15.9 Å². The molecular weight excluding hydrogens is 270 g/mol. The van der Waals surface area contributed by atoms with Gasteiger partial charge >= 0.3 is 0 Å². The molecule has 0 saturated carbocycles. The van der Waals surface area contributed by atoms with Crippen molar-refractivity contribution in [1.29, 1.82) is 0 Å². The smallest absolute Gasteiger partial charge is 0.254 e. The Morgan fingerprint density at radius 2 is 2.00 bits per heavy atom. The van der Waals surface area contributed by atoms with E-state index in [0.29, 0.717) is 24.2 Å². The highest BCUT2D eigenvalue weighted by molar-refractivity contribution is 9.10. The van der Waals surface area contributed by atoms with Crippen molar-refractivity contribution in [3.8, 4) is 0 Å². The summed E-state index contributed by atoms with van der Waals surface area (Å²) in [5.74, 6) is -0.0263. The average molecular weight is 286 g/mol. The molecule has 0 aliphatic rings. The molecule has 4 heteroatoms. The van der Waals surface area contributed by atoms with Crippen molar-refractivity contribution < 1.29 is 9.90 Å². The molecule has 0 radical (unpaired) electrons. The van der Waals surface area contributed by atoms with Gasteiger partial charge in [-0.05, 0) is 37.6 Å². The Labute approximate surface area is 104 Å². The number of rotatable bonds is 4. The zero-order chi connectivity index (χ0) is 12.1. The van der Waals surface area contributed by atoms with Crippen LogP contribution in [0, 0.1) is 0 Å². The van der Waals surface area contributed by atoms with Crippen molar-refractivity contribution in [2.45, 2.75) is 20.5 Å². The van der Waals surface area contributed by atoms with Crippen molar-refractivity contribution in [1.82, 2.24) is 4.90 Å². The van der Waals surface area contributed by atoms with Gasteiger partial charge in [0.25, 0.3) is 5.91 Å². The monoisotopic (exact) mass is 285 g/mol. The number of amides is 1. The lowest BCUT2D eigenvalue weighted by molar-refractivity contribution is 0.0769. The van der Waals surface area contributed by atoms with Crippen LogP contribution in [0.3, 0.4) is 0 Å². The van der Waals surface area contributed by atoms with Crippen LogP contribution < -0.4 is 0 Å². The van der Waals surface area contributed by atoms with Gasteiger partial charge in [-0.2, -0.15) is 0 Å². The summed E-state index contributed by atoms with van der Waals surface area (Å²) in [5, 5.41) is 9.23. The maximum absolute atomic E-state index is 12.1. The summed E-state index contributed by atoms with van der Waals surface area (Å²) in [6.45, 7) is 5.12. The second-order valence-electron chi connectivity index (χ2n) is 3.44. The van der Waals surface area contributed by atoms with Crippen LogP contribution in [0.15, 0.2) is 22.7 Å². The van der Waals surface area contributed by atoms with E-state index in [1.807, 2.05) is 19.9 Å². The van der Waals surface area contributed by atoms with Gasteiger partial charge in [-0.1, -0.05) is 15.9 Å². The lowest BCUT2D eigenvalue weighted by Gasteiger charge is -2.20. The minimum absolute atomic E-state index is 0.0263. The Bertz CT molecular complexity index is 375. The van der Waals surface area contributed by atoms with Gasteiger partial charge in [-0.3, -0.25) is 4.79 Å². The van der Waals surface area contributed by atoms with Crippen molar-refractivity contribution in [2.24, 2.45) is 0 Å². The van der Waals surface area contributed by atoms with E-state index in [2.05, 4.69) is 15.9 Å². The second kappa shape index (κ2) is 6.01. The first-order chi connectivity index (χ1) is 7.63. The number of aliphatic hydroxyl groups excluding tert-OH is 1. The Balaban J connectivity index is 3.07. The first-order valence-electron chi connectivity index (χ1n) is 5.32. The number of carbonyl (C=O) groups excluding carboxylic acids is 1. The van der Waals surface area contributed by atoms with E-state index >= 15 is 0 Å². The third-order valence-electron chi connectivity index (χ3n) is 2.52. The molecule has 88 valence electrons. The van der Waals surface area contributed by atoms with Crippen LogP contribution in [0.2, 0.25) is 0 Å². The van der Waals surface area contributed by atoms with E-state index in [-0.39, 0.29) is 12.5 Å². The summed E-state index contributed by atoms with van der Waals surface area (Å²) in [6.07, 6.45) is 0. The van der Waals surface area contributed by atoms with Gasteiger partial charge in [0.15, 0.2) is 0 Å². The second-order valence-corrected chi connectivity index (χ2v) is 4.35. The third-order valence-corrected chi connectivity index (χ3v) is 3.01. The molecule has 0 fully saturated rings. The highest BCUT2D eigenvalue weighted by atomic mass is 79.9. The van der Waals surface area contributed by atoms with Gasteiger partial charge in [0.05, 0.1) is 6.61 Å². The van der Waals surface area contributed by atoms with Crippen LogP contribution in [0.4, 0.5) is 0 Å². The molecule has 3 nitrogen and oxygen atoms in total. The average Bonchev–Trinajstić information content (AvgIpc) is 2.30. The topological polar surface area (TPSA) is 40.5 Å². The molecule has 1 aromatic carbocycles. The van der Waals surface area contributed by atoms with Gasteiger partial charge in [0.1, 0.15) is 0 Å². The van der Waals surface area contributed by atoms with E-state index in [9.17, 15) is 9.90 Å². The van der Waals surface area contributed by atoms with E-state index in [1.54, 1.807) is 17.0 Å². The number of carbonyl (C=O) groups is 1. The standard InChI is InChI=1S/C12H16BrNO2/c1-3-14(4-2)12(16)11-6-5-10(13)7-9(11)8-15/h5-7,15H,3-4,8H2,1-2H3. The Kier molecular flexibility index (Phi) is 4.96. The Morgan fingerprint density at radius 1 is 1.38 bits per heavy atom. The van der Waals surface area contributed by atoms with Gasteiger partial charge in [0.2, 0.25) is 0 Å². The van der Waals surface area contributed by atoms with Crippen molar-refractivity contribution >= 4 is 21.8 Å². The Morgan fingerprint density at radius 3 is 2.50 bits per heavy atom. The third kappa shape index (κ3) is 2.83. The number of hydrogen-bond donors (Lipinski definition) is 1. The Hall–Kier alpha value is -0.870. The lowest BCUT2D eigenvalue weighted by atomic mass is 10.1. The van der Waals surface area contributed by atoms with Crippen molar-refractivity contribution in [3.05, 3.63) is 33.8 Å². The van der Waals surface area contributed by atoms with Crippen LogP contribution in [-0.4, -0.2) is 29.0 Å². The van der Waals surface area contributed by atoms with Gasteiger partial charge in [0, 0.05) is 23.1 Å². The first kappa shape index (κ1) is 13.2. The maximum atomic E-state index is 12.1. The lowest BCUT2D eigenvalue weighted by Crippen LogP contribution is -2.31. The van der Waals surface area contributed by atoms with Gasteiger partial charge in [-0.15, -0.1) is 0 Å². The largest absolute Gasteiger partial charge is 0.392 e. The van der Waals surface area contributed by atoms with Gasteiger partial charge in [-0.25, -0.2) is 0 Å². The molecule has 0 atom stereocenters. The normalized spacial score (nSPS) is 10.2.